The van der Waals surface area contributed by atoms with Crippen molar-refractivity contribution in [1.82, 2.24) is 4.90 Å². The van der Waals surface area contributed by atoms with E-state index in [-0.39, 0.29) is 17.6 Å². The van der Waals surface area contributed by atoms with Gasteiger partial charge in [0.15, 0.2) is 18.7 Å². The zero-order valence-corrected chi connectivity index (χ0v) is 17.8. The van der Waals surface area contributed by atoms with Gasteiger partial charge in [0.1, 0.15) is 5.75 Å². The first-order valence-electron chi connectivity index (χ1n) is 9.49. The van der Waals surface area contributed by atoms with Crippen LogP contribution in [-0.2, 0) is 11.2 Å². The highest BCUT2D eigenvalue weighted by molar-refractivity contribution is 6.04. The van der Waals surface area contributed by atoms with Crippen LogP contribution in [0.15, 0.2) is 53.5 Å². The summed E-state index contributed by atoms with van der Waals surface area (Å²) in [7, 11) is 1.58. The van der Waals surface area contributed by atoms with Gasteiger partial charge >= 0.3 is 6.61 Å². The number of carbonyl (C=O) groups excluding carboxylic acids is 1. The third kappa shape index (κ3) is 7.41. The Bertz CT molecular complexity index is 1010. The zero-order valence-electron chi connectivity index (χ0n) is 17.8. The van der Waals surface area contributed by atoms with Gasteiger partial charge in [0.25, 0.3) is 5.91 Å². The van der Waals surface area contributed by atoms with Crippen LogP contribution in [0.25, 0.3) is 0 Å². The molecule has 0 aliphatic carbocycles. The van der Waals surface area contributed by atoms with Crippen molar-refractivity contribution in [2.75, 3.05) is 13.7 Å². The van der Waals surface area contributed by atoms with Crippen LogP contribution < -0.4 is 10.5 Å². The van der Waals surface area contributed by atoms with Crippen molar-refractivity contribution >= 4 is 11.9 Å². The molecule has 1 aliphatic rings. The minimum atomic E-state index is -2.74. The summed E-state index contributed by atoms with van der Waals surface area (Å²) < 4.78 is 39.9. The Kier molecular flexibility index (Phi) is 10.9. The summed E-state index contributed by atoms with van der Waals surface area (Å²) in [6.45, 7) is -1.54. The number of aryl methyl sites for hydroxylation is 1. The number of aliphatic imine (C=N–C) groups is 1. The van der Waals surface area contributed by atoms with E-state index in [1.54, 1.807) is 55.6 Å². The van der Waals surface area contributed by atoms with Crippen molar-refractivity contribution in [2.24, 2.45) is 10.7 Å². The average molecular weight is 443 g/mol. The van der Waals surface area contributed by atoms with Gasteiger partial charge < -0.3 is 10.5 Å². The summed E-state index contributed by atoms with van der Waals surface area (Å²) in [5, 5.41) is 0. The molecule has 0 unspecified atom stereocenters. The van der Waals surface area contributed by atoms with E-state index in [1.807, 2.05) is 6.92 Å². The fraction of sp³-hybridized carbons (Fsp3) is 0.250. The highest BCUT2D eigenvalue weighted by Crippen LogP contribution is 2.25. The highest BCUT2D eigenvalue weighted by atomic mass is 19.3. The molecule has 1 heterocycles. The van der Waals surface area contributed by atoms with Crippen LogP contribution in [0.3, 0.4) is 0 Å². The lowest BCUT2D eigenvalue weighted by molar-refractivity contribution is -0.126. The number of likely N-dealkylation sites (N-methyl/N-ethyl adjacent to an activating group) is 1. The molecule has 0 bridgehead atoms. The van der Waals surface area contributed by atoms with Crippen molar-refractivity contribution in [3.63, 3.8) is 0 Å². The molecule has 0 spiro atoms. The van der Waals surface area contributed by atoms with E-state index in [1.165, 1.54) is 4.90 Å². The molecule has 1 amide bonds. The van der Waals surface area contributed by atoms with Crippen LogP contribution in [0.5, 0.6) is 5.75 Å². The largest absolute Gasteiger partial charge is 0.435 e. The van der Waals surface area contributed by atoms with E-state index in [0.29, 0.717) is 17.5 Å². The summed E-state index contributed by atoms with van der Waals surface area (Å²) in [4.78, 5) is 17.3. The van der Waals surface area contributed by atoms with Crippen LogP contribution in [0, 0.1) is 24.7 Å². The van der Waals surface area contributed by atoms with Gasteiger partial charge in [-0.25, -0.2) is 9.38 Å². The molecule has 2 aromatic carbocycles. The van der Waals surface area contributed by atoms with Crippen molar-refractivity contribution in [3.8, 4) is 30.4 Å². The van der Waals surface area contributed by atoms with Crippen LogP contribution in [-0.4, -0.2) is 37.1 Å². The zero-order chi connectivity index (χ0) is 24.1. The molecule has 1 aliphatic heterocycles. The first-order valence-corrected chi connectivity index (χ1v) is 9.49. The second-order valence-electron chi connectivity index (χ2n) is 6.19. The second kappa shape index (κ2) is 13.4. The van der Waals surface area contributed by atoms with E-state index in [2.05, 4.69) is 34.4 Å². The molecule has 0 saturated carbocycles. The third-order valence-electron chi connectivity index (χ3n) is 4.24. The van der Waals surface area contributed by atoms with E-state index < -0.39 is 19.3 Å². The average Bonchev–Trinajstić information content (AvgIpc) is 3.07. The van der Waals surface area contributed by atoms with E-state index in [0.717, 1.165) is 5.56 Å². The summed E-state index contributed by atoms with van der Waals surface area (Å²) in [5.74, 6) is 5.30. The number of para-hydroxylation sites is 1. The van der Waals surface area contributed by atoms with Gasteiger partial charge in [-0.3, -0.25) is 9.69 Å². The number of hydrogen-bond donors (Lipinski definition) is 1. The fourth-order valence-electron chi connectivity index (χ4n) is 2.72. The maximum atomic E-state index is 12.0. The number of halogens is 3. The molecule has 3 rings (SSSR count). The number of alkyl halides is 3. The Morgan fingerprint density at radius 1 is 1.22 bits per heavy atom. The number of amides is 1. The Labute approximate surface area is 186 Å². The van der Waals surface area contributed by atoms with Gasteiger partial charge in [0.05, 0.1) is 0 Å². The van der Waals surface area contributed by atoms with Crippen molar-refractivity contribution < 1.29 is 22.7 Å². The summed E-state index contributed by atoms with van der Waals surface area (Å²) in [6, 6.07) is 13.2. The Morgan fingerprint density at radius 2 is 1.91 bits per heavy atom. The van der Waals surface area contributed by atoms with Gasteiger partial charge in [-0.05, 0) is 35.7 Å². The predicted octanol–water partition coefficient (Wildman–Crippen LogP) is 3.94. The Morgan fingerprint density at radius 3 is 2.47 bits per heavy atom. The van der Waals surface area contributed by atoms with E-state index >= 15 is 0 Å². The third-order valence-corrected chi connectivity index (χ3v) is 4.24. The number of carbonyl (C=O) groups is 1. The van der Waals surface area contributed by atoms with Gasteiger partial charge in [-0.2, -0.15) is 8.78 Å². The molecule has 2 aromatic rings. The SMILES string of the molecule is C#C.CCc1ccccc1OC(F)F.CN1C(=O)[C@@H](c2cccc(C#CCF)c2)N=C1N. The molecule has 32 heavy (non-hydrogen) atoms. The Hall–Kier alpha value is -3.91. The molecule has 0 aromatic heterocycles. The van der Waals surface area contributed by atoms with Crippen LogP contribution in [0.4, 0.5) is 13.2 Å². The van der Waals surface area contributed by atoms with E-state index in [4.69, 9.17) is 5.73 Å². The monoisotopic (exact) mass is 443 g/mol. The minimum Gasteiger partial charge on any atom is -0.435 e. The van der Waals surface area contributed by atoms with Gasteiger partial charge in [-0.1, -0.05) is 49.1 Å². The number of guanidine groups is 1. The van der Waals surface area contributed by atoms with Crippen LogP contribution >= 0.6 is 0 Å². The molecule has 1 atom stereocenters. The number of nitrogens with zero attached hydrogens (tertiary/aromatic N) is 2. The number of terminal acetylenes is 1. The second-order valence-corrected chi connectivity index (χ2v) is 6.19. The lowest BCUT2D eigenvalue weighted by Gasteiger charge is -2.10. The summed E-state index contributed by atoms with van der Waals surface area (Å²) in [6.07, 6.45) is 8.70. The number of rotatable bonds is 4. The molecule has 8 heteroatoms. The quantitative estimate of drug-likeness (QED) is 0.728. The normalized spacial score (nSPS) is 14.2. The van der Waals surface area contributed by atoms with Crippen LogP contribution in [0.2, 0.25) is 0 Å². The Balaban J connectivity index is 0.000000318. The fourth-order valence-corrected chi connectivity index (χ4v) is 2.72. The predicted molar refractivity (Wildman–Crippen MR) is 119 cm³/mol. The standard InChI is InChI=1S/C13H12FN3O.C9H10F2O.C2H2/c1-17-12(18)11(16-13(17)15)10-6-2-4-9(8-10)5-3-7-14;1-2-7-5-3-4-6-8(7)12-9(10)11;1-2/h2,4,6,8,11H,7H2,1H3,(H2,15,16);3-6,9H,2H2,1H3;1-2H/t11-;;/m1../s1. The van der Waals surface area contributed by atoms with Crippen molar-refractivity contribution in [3.05, 3.63) is 65.2 Å². The van der Waals surface area contributed by atoms with Gasteiger partial charge in [0.2, 0.25) is 0 Å². The summed E-state index contributed by atoms with van der Waals surface area (Å²) in [5.41, 5.74) is 7.76. The van der Waals surface area contributed by atoms with Gasteiger partial charge in [-0.15, -0.1) is 12.8 Å². The number of benzene rings is 2. The maximum absolute atomic E-state index is 12.0. The maximum Gasteiger partial charge on any atom is 0.387 e. The number of hydrogen-bond acceptors (Lipinski definition) is 4. The lowest BCUT2D eigenvalue weighted by atomic mass is 10.0. The van der Waals surface area contributed by atoms with E-state index in [9.17, 15) is 18.0 Å². The molecular formula is C24H24F3N3O2. The minimum absolute atomic E-state index is 0.178. The molecular weight excluding hydrogens is 419 g/mol. The highest BCUT2D eigenvalue weighted by Gasteiger charge is 2.31. The first kappa shape index (κ1) is 26.1. The van der Waals surface area contributed by atoms with Gasteiger partial charge in [0, 0.05) is 12.6 Å². The van der Waals surface area contributed by atoms with Crippen molar-refractivity contribution in [2.45, 2.75) is 26.0 Å². The smallest absolute Gasteiger partial charge is 0.387 e. The number of nitrogens with two attached hydrogens (primary N) is 1. The van der Waals surface area contributed by atoms with Crippen LogP contribution in [0.1, 0.15) is 29.7 Å². The number of ether oxygens (including phenoxy) is 1. The lowest BCUT2D eigenvalue weighted by Crippen LogP contribution is -2.34. The molecule has 0 radical (unpaired) electrons. The first-order chi connectivity index (χ1) is 15.4. The summed E-state index contributed by atoms with van der Waals surface area (Å²) >= 11 is 0. The molecule has 0 fully saturated rings. The van der Waals surface area contributed by atoms with Crippen molar-refractivity contribution in [1.29, 1.82) is 0 Å². The topological polar surface area (TPSA) is 67.9 Å². The molecule has 5 nitrogen and oxygen atoms in total. The molecule has 168 valence electrons. The molecule has 2 N–H and O–H groups in total. The molecule has 0 saturated heterocycles.